The number of carboxylic acids is 1. The predicted molar refractivity (Wildman–Crippen MR) is 118 cm³/mol. The molecule has 0 aliphatic carbocycles. The molecule has 2 aromatic carbocycles. The fourth-order valence-corrected chi connectivity index (χ4v) is 4.57. The summed E-state index contributed by atoms with van der Waals surface area (Å²) in [5.74, 6) is -2.95. The number of amides is 1. The SMILES string of the molecule is Cc1c2n(cc(C(=O)O)c1=O)[C@@H](C(c1ccccc1)c1ccccc1)CN(CC(F)(F)F)C2=O. The van der Waals surface area contributed by atoms with E-state index in [1.807, 2.05) is 36.4 Å². The third-order valence-electron chi connectivity index (χ3n) is 6.02. The zero-order chi connectivity index (χ0) is 24.6. The molecule has 0 saturated heterocycles. The Morgan fingerprint density at radius 2 is 1.56 bits per heavy atom. The van der Waals surface area contributed by atoms with Crippen LogP contribution in [0.1, 0.15) is 49.5 Å². The van der Waals surface area contributed by atoms with Gasteiger partial charge in [0, 0.05) is 24.2 Å². The number of carbonyl (C=O) groups excluding carboxylic acids is 1. The number of hydrogen-bond donors (Lipinski definition) is 1. The van der Waals surface area contributed by atoms with Crippen LogP contribution in [0.25, 0.3) is 0 Å². The van der Waals surface area contributed by atoms with Crippen molar-refractivity contribution in [2.24, 2.45) is 0 Å². The molecule has 0 spiro atoms. The van der Waals surface area contributed by atoms with E-state index < -0.39 is 47.5 Å². The van der Waals surface area contributed by atoms with Crippen LogP contribution in [0.2, 0.25) is 0 Å². The van der Waals surface area contributed by atoms with Crippen molar-refractivity contribution in [3.63, 3.8) is 0 Å². The Bertz CT molecular complexity index is 1250. The summed E-state index contributed by atoms with van der Waals surface area (Å²) in [7, 11) is 0. The van der Waals surface area contributed by atoms with E-state index in [0.29, 0.717) is 4.90 Å². The van der Waals surface area contributed by atoms with Crippen molar-refractivity contribution in [1.82, 2.24) is 9.47 Å². The molecular formula is C25H21F3N2O4. The number of halogens is 3. The fraction of sp³-hybridized carbons (Fsp3) is 0.240. The third-order valence-corrected chi connectivity index (χ3v) is 6.02. The second kappa shape index (κ2) is 8.81. The summed E-state index contributed by atoms with van der Waals surface area (Å²) in [5.41, 5.74) is -0.300. The van der Waals surface area contributed by atoms with Gasteiger partial charge in [-0.05, 0) is 18.1 Å². The van der Waals surface area contributed by atoms with Crippen molar-refractivity contribution in [2.75, 3.05) is 13.1 Å². The second-order valence-corrected chi connectivity index (χ2v) is 8.23. The zero-order valence-corrected chi connectivity index (χ0v) is 18.1. The minimum Gasteiger partial charge on any atom is -0.477 e. The quantitative estimate of drug-likeness (QED) is 0.605. The summed E-state index contributed by atoms with van der Waals surface area (Å²) >= 11 is 0. The van der Waals surface area contributed by atoms with Crippen molar-refractivity contribution >= 4 is 11.9 Å². The highest BCUT2D eigenvalue weighted by Crippen LogP contribution is 2.39. The highest BCUT2D eigenvalue weighted by molar-refractivity contribution is 5.96. The van der Waals surface area contributed by atoms with Gasteiger partial charge < -0.3 is 14.6 Å². The highest BCUT2D eigenvalue weighted by Gasteiger charge is 2.42. The Hall–Kier alpha value is -3.88. The first-order valence-electron chi connectivity index (χ1n) is 10.5. The van der Waals surface area contributed by atoms with E-state index in [1.165, 1.54) is 11.5 Å². The Morgan fingerprint density at radius 1 is 1.03 bits per heavy atom. The number of alkyl halides is 3. The minimum atomic E-state index is -4.65. The molecule has 1 amide bonds. The number of aromatic nitrogens is 1. The van der Waals surface area contributed by atoms with Crippen LogP contribution in [0, 0.1) is 6.92 Å². The van der Waals surface area contributed by atoms with Crippen LogP contribution in [-0.2, 0) is 0 Å². The molecule has 2 heterocycles. The molecule has 0 unspecified atom stereocenters. The van der Waals surface area contributed by atoms with E-state index in [1.54, 1.807) is 24.3 Å². The number of carbonyl (C=O) groups is 2. The largest absolute Gasteiger partial charge is 0.477 e. The van der Waals surface area contributed by atoms with Gasteiger partial charge in [0.15, 0.2) is 5.43 Å². The van der Waals surface area contributed by atoms with Crippen molar-refractivity contribution in [1.29, 1.82) is 0 Å². The van der Waals surface area contributed by atoms with E-state index >= 15 is 0 Å². The molecule has 176 valence electrons. The number of benzene rings is 2. The number of nitrogens with zero attached hydrogens (tertiary/aromatic N) is 2. The molecule has 0 radical (unpaired) electrons. The first-order valence-corrected chi connectivity index (χ1v) is 10.5. The van der Waals surface area contributed by atoms with Crippen LogP contribution < -0.4 is 5.43 Å². The third kappa shape index (κ3) is 4.33. The van der Waals surface area contributed by atoms with E-state index in [2.05, 4.69) is 0 Å². The van der Waals surface area contributed by atoms with Crippen molar-refractivity contribution < 1.29 is 27.9 Å². The van der Waals surface area contributed by atoms with Gasteiger partial charge in [0.1, 0.15) is 17.8 Å². The number of carboxylic acid groups (broad SMARTS) is 1. The maximum Gasteiger partial charge on any atom is 0.406 e. The van der Waals surface area contributed by atoms with Gasteiger partial charge in [-0.2, -0.15) is 13.2 Å². The summed E-state index contributed by atoms with van der Waals surface area (Å²) in [6.07, 6.45) is -3.56. The minimum absolute atomic E-state index is 0.193. The van der Waals surface area contributed by atoms with Gasteiger partial charge in [-0.25, -0.2) is 4.79 Å². The lowest BCUT2D eigenvalue weighted by molar-refractivity contribution is -0.142. The molecule has 9 heteroatoms. The van der Waals surface area contributed by atoms with E-state index in [-0.39, 0.29) is 17.8 Å². The molecule has 3 aromatic rings. The van der Waals surface area contributed by atoms with Crippen molar-refractivity contribution in [3.8, 4) is 0 Å². The second-order valence-electron chi connectivity index (χ2n) is 8.23. The molecule has 4 rings (SSSR count). The van der Waals surface area contributed by atoms with Crippen LogP contribution >= 0.6 is 0 Å². The Labute approximate surface area is 192 Å². The van der Waals surface area contributed by atoms with Crippen LogP contribution in [0.15, 0.2) is 71.7 Å². The Kier molecular flexibility index (Phi) is 6.03. The molecule has 1 aromatic heterocycles. The van der Waals surface area contributed by atoms with Gasteiger partial charge >= 0.3 is 12.1 Å². The number of hydrogen-bond acceptors (Lipinski definition) is 3. The Balaban J connectivity index is 2.00. The number of aromatic carboxylic acids is 1. The number of fused-ring (bicyclic) bond motifs is 1. The van der Waals surface area contributed by atoms with Gasteiger partial charge in [-0.3, -0.25) is 9.59 Å². The molecule has 34 heavy (non-hydrogen) atoms. The fourth-order valence-electron chi connectivity index (χ4n) is 4.57. The average molecular weight is 470 g/mol. The molecule has 6 nitrogen and oxygen atoms in total. The first kappa shape index (κ1) is 23.3. The summed E-state index contributed by atoms with van der Waals surface area (Å²) < 4.78 is 41.5. The zero-order valence-electron chi connectivity index (χ0n) is 18.1. The van der Waals surface area contributed by atoms with Crippen LogP contribution in [-0.4, -0.2) is 45.7 Å². The Morgan fingerprint density at radius 3 is 2.03 bits per heavy atom. The van der Waals surface area contributed by atoms with Crippen LogP contribution in [0.4, 0.5) is 13.2 Å². The van der Waals surface area contributed by atoms with Crippen LogP contribution in [0.3, 0.4) is 0 Å². The lowest BCUT2D eigenvalue weighted by Crippen LogP contribution is -2.50. The lowest BCUT2D eigenvalue weighted by atomic mass is 9.83. The maximum absolute atomic E-state index is 13.4. The molecule has 1 N–H and O–H groups in total. The normalized spacial score (nSPS) is 16.0. The number of rotatable bonds is 5. The molecule has 0 bridgehead atoms. The predicted octanol–water partition coefficient (Wildman–Crippen LogP) is 4.25. The van der Waals surface area contributed by atoms with Crippen molar-refractivity contribution in [3.05, 3.63) is 105 Å². The average Bonchev–Trinajstić information content (AvgIpc) is 2.79. The monoisotopic (exact) mass is 470 g/mol. The van der Waals surface area contributed by atoms with Gasteiger partial charge in [-0.15, -0.1) is 0 Å². The molecule has 0 saturated carbocycles. The molecule has 1 aliphatic heterocycles. The van der Waals surface area contributed by atoms with Gasteiger partial charge in [0.25, 0.3) is 5.91 Å². The highest BCUT2D eigenvalue weighted by atomic mass is 19.4. The van der Waals surface area contributed by atoms with Gasteiger partial charge in [0.05, 0.1) is 6.04 Å². The number of pyridine rings is 1. The lowest BCUT2D eigenvalue weighted by Gasteiger charge is -2.41. The van der Waals surface area contributed by atoms with Gasteiger partial charge in [0.2, 0.25) is 0 Å². The smallest absolute Gasteiger partial charge is 0.406 e. The standard InChI is InChI=1S/C25H21F3N2O4/c1-15-21-23(32)29(14-25(26,27)28)13-19(30(21)12-18(22(15)31)24(33)34)20(16-8-4-2-5-9-16)17-10-6-3-7-11-17/h2-12,19-20H,13-14H2,1H3,(H,33,34)/t19-/m1/s1. The molecule has 1 atom stereocenters. The molecular weight excluding hydrogens is 449 g/mol. The van der Waals surface area contributed by atoms with Gasteiger partial charge in [-0.1, -0.05) is 60.7 Å². The summed E-state index contributed by atoms with van der Waals surface area (Å²) in [6, 6.07) is 17.3. The van der Waals surface area contributed by atoms with Crippen molar-refractivity contribution in [2.45, 2.75) is 25.1 Å². The summed E-state index contributed by atoms with van der Waals surface area (Å²) in [6.45, 7) is -0.527. The van der Waals surface area contributed by atoms with E-state index in [4.69, 9.17) is 0 Å². The summed E-state index contributed by atoms with van der Waals surface area (Å²) in [4.78, 5) is 38.2. The first-order chi connectivity index (χ1) is 16.1. The van der Waals surface area contributed by atoms with Crippen LogP contribution in [0.5, 0.6) is 0 Å². The topological polar surface area (TPSA) is 79.6 Å². The van der Waals surface area contributed by atoms with E-state index in [0.717, 1.165) is 17.3 Å². The van der Waals surface area contributed by atoms with E-state index in [9.17, 15) is 32.7 Å². The summed E-state index contributed by atoms with van der Waals surface area (Å²) in [5, 5.41) is 9.56. The molecule has 0 fully saturated rings. The maximum atomic E-state index is 13.4. The molecule has 1 aliphatic rings.